The van der Waals surface area contributed by atoms with Crippen molar-refractivity contribution in [3.8, 4) is 0 Å². The minimum absolute atomic E-state index is 0.206. The maximum atomic E-state index is 10.5. The quantitative estimate of drug-likeness (QED) is 0.670. The van der Waals surface area contributed by atoms with Crippen LogP contribution in [0.3, 0.4) is 0 Å². The fourth-order valence-corrected chi connectivity index (χ4v) is 1.35. The lowest BCUT2D eigenvalue weighted by atomic mass is 10.2. The molecule has 1 rings (SSSR count). The van der Waals surface area contributed by atoms with Crippen molar-refractivity contribution < 1.29 is 4.79 Å². The molecule has 0 bridgehead atoms. The monoisotopic (exact) mass is 196 g/mol. The zero-order valence-electron chi connectivity index (χ0n) is 8.58. The summed E-state index contributed by atoms with van der Waals surface area (Å²) < 4.78 is 1.78. The Morgan fingerprint density at radius 1 is 1.71 bits per heavy atom. The molecule has 0 atom stereocenters. The summed E-state index contributed by atoms with van der Waals surface area (Å²) in [5.41, 5.74) is 7.19. The van der Waals surface area contributed by atoms with Crippen molar-refractivity contribution in [3.63, 3.8) is 0 Å². The van der Waals surface area contributed by atoms with Gasteiger partial charge in [0.25, 0.3) is 0 Å². The Labute approximate surface area is 83.3 Å². The molecule has 0 aliphatic heterocycles. The molecule has 5 nitrogen and oxygen atoms in total. The predicted octanol–water partition coefficient (Wildman–Crippen LogP) is -0.443. The maximum Gasteiger partial charge on any atom is 0.231 e. The number of rotatable bonds is 5. The second-order valence-corrected chi connectivity index (χ2v) is 3.20. The smallest absolute Gasteiger partial charge is 0.231 e. The summed E-state index contributed by atoms with van der Waals surface area (Å²) in [4.78, 5) is 10.5. The highest BCUT2D eigenvalue weighted by molar-refractivity contribution is 5.75. The molecular weight excluding hydrogens is 180 g/mol. The predicted molar refractivity (Wildman–Crippen MR) is 53.5 cm³/mol. The summed E-state index contributed by atoms with van der Waals surface area (Å²) in [6, 6.07) is 0. The Kier molecular flexibility index (Phi) is 3.64. The van der Waals surface area contributed by atoms with Crippen molar-refractivity contribution in [1.82, 2.24) is 15.1 Å². The van der Waals surface area contributed by atoms with Crippen LogP contribution in [0, 0.1) is 0 Å². The average molecular weight is 196 g/mol. The van der Waals surface area contributed by atoms with Crippen molar-refractivity contribution >= 4 is 5.91 Å². The number of carbonyl (C=O) groups is 1. The molecule has 0 spiro atoms. The summed E-state index contributed by atoms with van der Waals surface area (Å²) >= 11 is 0. The van der Waals surface area contributed by atoms with E-state index >= 15 is 0 Å². The molecule has 1 heterocycles. The highest BCUT2D eigenvalue weighted by Gasteiger charge is 2.05. The lowest BCUT2D eigenvalue weighted by Gasteiger charge is -2.00. The van der Waals surface area contributed by atoms with Crippen molar-refractivity contribution in [2.24, 2.45) is 12.8 Å². The van der Waals surface area contributed by atoms with Crippen molar-refractivity contribution in [2.75, 3.05) is 6.54 Å². The van der Waals surface area contributed by atoms with Crippen LogP contribution in [-0.2, 0) is 24.8 Å². The van der Waals surface area contributed by atoms with Gasteiger partial charge in [-0.05, 0) is 6.42 Å². The van der Waals surface area contributed by atoms with Gasteiger partial charge in [-0.25, -0.2) is 0 Å². The van der Waals surface area contributed by atoms with E-state index in [0.717, 1.165) is 17.7 Å². The normalized spacial score (nSPS) is 10.4. The Morgan fingerprint density at radius 2 is 2.43 bits per heavy atom. The molecule has 0 saturated carbocycles. The topological polar surface area (TPSA) is 72.9 Å². The summed E-state index contributed by atoms with van der Waals surface area (Å²) in [5.74, 6) is -0.341. The van der Waals surface area contributed by atoms with E-state index in [9.17, 15) is 4.79 Å². The van der Waals surface area contributed by atoms with Gasteiger partial charge < -0.3 is 11.1 Å². The lowest BCUT2D eigenvalue weighted by molar-refractivity contribution is -0.117. The highest BCUT2D eigenvalue weighted by atomic mass is 16.1. The van der Waals surface area contributed by atoms with Crippen LogP contribution in [0.2, 0.25) is 0 Å². The fourth-order valence-electron chi connectivity index (χ4n) is 1.35. The molecule has 0 aliphatic rings. The summed E-state index contributed by atoms with van der Waals surface area (Å²) in [7, 11) is 1.89. The third-order valence-electron chi connectivity index (χ3n) is 1.94. The number of hydrogen-bond donors (Lipinski definition) is 2. The first kappa shape index (κ1) is 10.7. The van der Waals surface area contributed by atoms with Crippen LogP contribution in [-0.4, -0.2) is 22.2 Å². The molecule has 5 heteroatoms. The Hall–Kier alpha value is -1.36. The Balaban J connectivity index is 2.52. The van der Waals surface area contributed by atoms with Crippen LogP contribution in [0.25, 0.3) is 0 Å². The molecule has 0 fully saturated rings. The van der Waals surface area contributed by atoms with Crippen LogP contribution in [0.1, 0.15) is 18.2 Å². The van der Waals surface area contributed by atoms with Gasteiger partial charge >= 0.3 is 0 Å². The van der Waals surface area contributed by atoms with Crippen molar-refractivity contribution in [1.29, 1.82) is 0 Å². The summed E-state index contributed by atoms with van der Waals surface area (Å²) in [6.45, 7) is 2.90. The lowest BCUT2D eigenvalue weighted by Crippen LogP contribution is -2.28. The number of carbonyl (C=O) groups excluding carboxylic acids is 1. The minimum Gasteiger partial charge on any atom is -0.369 e. The molecule has 14 heavy (non-hydrogen) atoms. The van der Waals surface area contributed by atoms with Gasteiger partial charge in [0.15, 0.2) is 0 Å². The number of hydrogen-bond acceptors (Lipinski definition) is 3. The number of primary amides is 1. The van der Waals surface area contributed by atoms with Crippen LogP contribution >= 0.6 is 0 Å². The zero-order chi connectivity index (χ0) is 10.6. The standard InChI is InChI=1S/C9H16N4O/c1-3-8-7(6-13(2)12-8)4-11-5-9(10)14/h6,11H,3-5H2,1-2H3,(H2,10,14). The molecule has 0 aliphatic carbocycles. The minimum atomic E-state index is -0.341. The van der Waals surface area contributed by atoms with Gasteiger partial charge in [0.1, 0.15) is 0 Å². The number of amides is 1. The number of nitrogens with two attached hydrogens (primary N) is 1. The van der Waals surface area contributed by atoms with Gasteiger partial charge in [0, 0.05) is 25.4 Å². The van der Waals surface area contributed by atoms with Gasteiger partial charge in [-0.15, -0.1) is 0 Å². The zero-order valence-corrected chi connectivity index (χ0v) is 8.58. The van der Waals surface area contributed by atoms with Gasteiger partial charge in [-0.3, -0.25) is 9.48 Å². The largest absolute Gasteiger partial charge is 0.369 e. The van der Waals surface area contributed by atoms with E-state index in [-0.39, 0.29) is 12.5 Å². The number of aromatic nitrogens is 2. The first-order valence-corrected chi connectivity index (χ1v) is 4.64. The number of nitrogens with zero attached hydrogens (tertiary/aromatic N) is 2. The van der Waals surface area contributed by atoms with Crippen molar-refractivity contribution in [3.05, 3.63) is 17.5 Å². The van der Waals surface area contributed by atoms with E-state index in [1.165, 1.54) is 0 Å². The molecule has 3 N–H and O–H groups in total. The van der Waals surface area contributed by atoms with Crippen LogP contribution in [0.15, 0.2) is 6.20 Å². The van der Waals surface area contributed by atoms with E-state index in [0.29, 0.717) is 6.54 Å². The molecular formula is C9H16N4O. The number of nitrogens with one attached hydrogen (secondary N) is 1. The van der Waals surface area contributed by atoms with E-state index < -0.39 is 0 Å². The molecule has 0 aromatic carbocycles. The van der Waals surface area contributed by atoms with E-state index in [1.807, 2.05) is 13.2 Å². The van der Waals surface area contributed by atoms with Gasteiger partial charge in [0.2, 0.25) is 5.91 Å². The van der Waals surface area contributed by atoms with Gasteiger partial charge in [-0.2, -0.15) is 5.10 Å². The van der Waals surface area contributed by atoms with E-state index in [4.69, 9.17) is 5.73 Å². The van der Waals surface area contributed by atoms with Crippen molar-refractivity contribution in [2.45, 2.75) is 19.9 Å². The molecule has 0 radical (unpaired) electrons. The first-order valence-electron chi connectivity index (χ1n) is 4.64. The molecule has 1 aromatic rings. The molecule has 1 aromatic heterocycles. The van der Waals surface area contributed by atoms with E-state index in [2.05, 4.69) is 17.3 Å². The second kappa shape index (κ2) is 4.76. The fraction of sp³-hybridized carbons (Fsp3) is 0.556. The van der Waals surface area contributed by atoms with Gasteiger partial charge in [0.05, 0.1) is 12.2 Å². The van der Waals surface area contributed by atoms with Crippen LogP contribution in [0.4, 0.5) is 0 Å². The Bertz CT molecular complexity index is 319. The van der Waals surface area contributed by atoms with Crippen LogP contribution in [0.5, 0.6) is 0 Å². The van der Waals surface area contributed by atoms with E-state index in [1.54, 1.807) is 4.68 Å². The maximum absolute atomic E-state index is 10.5. The average Bonchev–Trinajstić information content (AvgIpc) is 2.45. The molecule has 78 valence electrons. The SMILES string of the molecule is CCc1nn(C)cc1CNCC(N)=O. The second-order valence-electron chi connectivity index (χ2n) is 3.20. The third kappa shape index (κ3) is 2.85. The number of aryl methyl sites for hydroxylation is 2. The van der Waals surface area contributed by atoms with Gasteiger partial charge in [-0.1, -0.05) is 6.92 Å². The molecule has 0 saturated heterocycles. The Morgan fingerprint density at radius 3 is 3.00 bits per heavy atom. The third-order valence-corrected chi connectivity index (χ3v) is 1.94. The van der Waals surface area contributed by atoms with Crippen LogP contribution < -0.4 is 11.1 Å². The highest BCUT2D eigenvalue weighted by Crippen LogP contribution is 2.05. The first-order chi connectivity index (χ1) is 6.63. The molecule has 1 amide bonds. The summed E-state index contributed by atoms with van der Waals surface area (Å²) in [6.07, 6.45) is 2.85. The summed E-state index contributed by atoms with van der Waals surface area (Å²) in [5, 5.41) is 7.25. The molecule has 0 unspecified atom stereocenters.